The van der Waals surface area contributed by atoms with Crippen molar-refractivity contribution in [1.29, 1.82) is 5.26 Å². The van der Waals surface area contributed by atoms with Crippen molar-refractivity contribution in [2.45, 2.75) is 25.3 Å². The summed E-state index contributed by atoms with van der Waals surface area (Å²) in [5.41, 5.74) is -1.29. The summed E-state index contributed by atoms with van der Waals surface area (Å²) in [6.45, 7) is 0.134. The zero-order valence-electron chi connectivity index (χ0n) is 12.2. The van der Waals surface area contributed by atoms with Crippen LogP contribution in [0.3, 0.4) is 0 Å². The number of anilines is 1. The van der Waals surface area contributed by atoms with Crippen molar-refractivity contribution < 1.29 is 4.52 Å². The van der Waals surface area contributed by atoms with Crippen LogP contribution < -0.4 is 16.6 Å². The van der Waals surface area contributed by atoms with Crippen molar-refractivity contribution in [2.75, 3.05) is 5.32 Å². The molecule has 1 fully saturated rings. The quantitative estimate of drug-likeness (QED) is 0.832. The van der Waals surface area contributed by atoms with Gasteiger partial charge in [-0.1, -0.05) is 5.16 Å². The van der Waals surface area contributed by atoms with E-state index in [1.807, 2.05) is 6.07 Å². The fraction of sp³-hybridized carbons (Fsp3) is 0.462. The van der Waals surface area contributed by atoms with E-state index in [1.54, 1.807) is 0 Å². The number of hydrogen-bond donors (Lipinski definition) is 1. The Balaban J connectivity index is 1.89. The zero-order valence-corrected chi connectivity index (χ0v) is 12.2. The van der Waals surface area contributed by atoms with Gasteiger partial charge in [0.25, 0.3) is 5.56 Å². The smallest absolute Gasteiger partial charge is 0.332 e. The van der Waals surface area contributed by atoms with Crippen molar-refractivity contribution in [3.8, 4) is 6.07 Å². The molecule has 114 valence electrons. The average molecular weight is 302 g/mol. The molecule has 1 aliphatic rings. The highest BCUT2D eigenvalue weighted by atomic mass is 16.5. The Morgan fingerprint density at radius 2 is 2.09 bits per heavy atom. The van der Waals surface area contributed by atoms with Crippen molar-refractivity contribution in [3.63, 3.8) is 0 Å². The molecule has 2 heterocycles. The van der Waals surface area contributed by atoms with Crippen molar-refractivity contribution in [3.05, 3.63) is 38.1 Å². The highest BCUT2D eigenvalue weighted by Crippen LogP contribution is 2.38. The molecule has 0 amide bonds. The van der Waals surface area contributed by atoms with Gasteiger partial charge in [-0.15, -0.1) is 0 Å². The van der Waals surface area contributed by atoms with Crippen LogP contribution >= 0.6 is 0 Å². The summed E-state index contributed by atoms with van der Waals surface area (Å²) in [4.78, 5) is 28.1. The third-order valence-corrected chi connectivity index (χ3v) is 3.61. The standard InChI is InChI=1S/C13H14N6O3/c1-18-11(8(5-14)12(20)19(2)13(18)21)15-6-9-16-10(17-22-9)7-3-4-7/h7,15H,3-4,6H2,1-2H3. The number of hydrogen-bond acceptors (Lipinski definition) is 7. The second-order valence-electron chi connectivity index (χ2n) is 5.22. The predicted molar refractivity (Wildman–Crippen MR) is 75.2 cm³/mol. The lowest BCUT2D eigenvalue weighted by atomic mass is 10.3. The fourth-order valence-electron chi connectivity index (χ4n) is 2.16. The maximum Gasteiger partial charge on any atom is 0.332 e. The lowest BCUT2D eigenvalue weighted by Gasteiger charge is -2.12. The number of aromatic nitrogens is 4. The van der Waals surface area contributed by atoms with Gasteiger partial charge in [-0.05, 0) is 12.8 Å². The maximum absolute atomic E-state index is 11.9. The molecule has 0 bridgehead atoms. The molecule has 0 atom stereocenters. The second kappa shape index (κ2) is 5.14. The Morgan fingerprint density at radius 1 is 1.36 bits per heavy atom. The molecule has 1 aliphatic carbocycles. The van der Waals surface area contributed by atoms with Crippen LogP contribution in [0.5, 0.6) is 0 Å². The zero-order chi connectivity index (χ0) is 15.9. The Kier molecular flexibility index (Phi) is 3.29. The first-order valence-corrected chi connectivity index (χ1v) is 6.79. The highest BCUT2D eigenvalue weighted by molar-refractivity contribution is 5.51. The molecular formula is C13H14N6O3. The molecule has 0 aromatic carbocycles. The molecule has 1 saturated carbocycles. The average Bonchev–Trinajstić information content (AvgIpc) is 3.26. The lowest BCUT2D eigenvalue weighted by molar-refractivity contribution is 0.377. The largest absolute Gasteiger partial charge is 0.361 e. The summed E-state index contributed by atoms with van der Waals surface area (Å²) in [6.07, 6.45) is 2.13. The molecule has 0 spiro atoms. The summed E-state index contributed by atoms with van der Waals surface area (Å²) < 4.78 is 7.21. The van der Waals surface area contributed by atoms with E-state index in [1.165, 1.54) is 18.7 Å². The number of nitriles is 1. The molecule has 0 unspecified atom stereocenters. The molecule has 3 rings (SSSR count). The second-order valence-corrected chi connectivity index (χ2v) is 5.22. The van der Waals surface area contributed by atoms with Crippen LogP contribution in [0.1, 0.15) is 36.0 Å². The van der Waals surface area contributed by atoms with E-state index < -0.39 is 11.2 Å². The van der Waals surface area contributed by atoms with E-state index in [0.717, 1.165) is 17.4 Å². The minimum Gasteiger partial charge on any atom is -0.361 e. The molecule has 9 heteroatoms. The van der Waals surface area contributed by atoms with Crippen LogP contribution in [0.25, 0.3) is 0 Å². The summed E-state index contributed by atoms with van der Waals surface area (Å²) in [5.74, 6) is 1.54. The van der Waals surface area contributed by atoms with Crippen molar-refractivity contribution in [1.82, 2.24) is 19.3 Å². The predicted octanol–water partition coefficient (Wildman–Crippen LogP) is -0.172. The third-order valence-electron chi connectivity index (χ3n) is 3.61. The van der Waals surface area contributed by atoms with Gasteiger partial charge in [-0.2, -0.15) is 10.2 Å². The van der Waals surface area contributed by atoms with Gasteiger partial charge in [0.1, 0.15) is 11.9 Å². The summed E-state index contributed by atoms with van der Waals surface area (Å²) in [7, 11) is 2.81. The van der Waals surface area contributed by atoms with Crippen LogP contribution in [-0.4, -0.2) is 19.3 Å². The number of nitrogens with zero attached hydrogens (tertiary/aromatic N) is 5. The Morgan fingerprint density at radius 3 is 2.73 bits per heavy atom. The normalized spacial score (nSPS) is 13.9. The van der Waals surface area contributed by atoms with Gasteiger partial charge in [-0.3, -0.25) is 13.9 Å². The van der Waals surface area contributed by atoms with E-state index in [9.17, 15) is 9.59 Å². The Labute approximate surface area is 124 Å². The van der Waals surface area contributed by atoms with Gasteiger partial charge in [-0.25, -0.2) is 4.79 Å². The first-order chi connectivity index (χ1) is 10.5. The molecule has 0 saturated heterocycles. The van der Waals surface area contributed by atoms with Crippen LogP contribution in [0.2, 0.25) is 0 Å². The van der Waals surface area contributed by atoms with Gasteiger partial charge >= 0.3 is 5.69 Å². The lowest BCUT2D eigenvalue weighted by Crippen LogP contribution is -2.39. The van der Waals surface area contributed by atoms with Crippen LogP contribution in [-0.2, 0) is 20.6 Å². The molecule has 0 radical (unpaired) electrons. The van der Waals surface area contributed by atoms with Gasteiger partial charge in [0.05, 0.1) is 6.54 Å². The first-order valence-electron chi connectivity index (χ1n) is 6.79. The van der Waals surface area contributed by atoms with E-state index in [4.69, 9.17) is 9.78 Å². The minimum atomic E-state index is -0.641. The van der Waals surface area contributed by atoms with E-state index in [2.05, 4.69) is 15.5 Å². The van der Waals surface area contributed by atoms with Crippen LogP contribution in [0.4, 0.5) is 5.82 Å². The third kappa shape index (κ3) is 2.28. The molecule has 22 heavy (non-hydrogen) atoms. The van der Waals surface area contributed by atoms with Crippen molar-refractivity contribution in [2.24, 2.45) is 14.1 Å². The van der Waals surface area contributed by atoms with Gasteiger partial charge in [0, 0.05) is 20.0 Å². The number of nitrogens with one attached hydrogen (secondary N) is 1. The van der Waals surface area contributed by atoms with Crippen molar-refractivity contribution >= 4 is 5.82 Å². The van der Waals surface area contributed by atoms with E-state index in [-0.39, 0.29) is 17.9 Å². The Bertz CT molecular complexity index is 881. The van der Waals surface area contributed by atoms with E-state index >= 15 is 0 Å². The summed E-state index contributed by atoms with van der Waals surface area (Å²) in [5, 5.41) is 15.9. The van der Waals surface area contributed by atoms with Gasteiger partial charge < -0.3 is 9.84 Å². The first kappa shape index (κ1) is 14.1. The molecule has 0 aliphatic heterocycles. The van der Waals surface area contributed by atoms with Crippen LogP contribution in [0, 0.1) is 11.3 Å². The number of rotatable bonds is 4. The van der Waals surface area contributed by atoms with E-state index in [0.29, 0.717) is 17.6 Å². The molecule has 1 N–H and O–H groups in total. The highest BCUT2D eigenvalue weighted by Gasteiger charge is 2.28. The monoisotopic (exact) mass is 302 g/mol. The molecular weight excluding hydrogens is 288 g/mol. The van der Waals surface area contributed by atoms with Crippen LogP contribution in [0.15, 0.2) is 14.1 Å². The van der Waals surface area contributed by atoms with Gasteiger partial charge in [0.2, 0.25) is 5.89 Å². The molecule has 2 aromatic rings. The summed E-state index contributed by atoms with van der Waals surface area (Å²) >= 11 is 0. The SMILES string of the molecule is Cn1c(NCc2nc(C3CC3)no2)c(C#N)c(=O)n(C)c1=O. The maximum atomic E-state index is 11.9. The Hall–Kier alpha value is -2.89. The molecule has 2 aromatic heterocycles. The summed E-state index contributed by atoms with van der Waals surface area (Å²) in [6, 6.07) is 1.82. The fourth-order valence-corrected chi connectivity index (χ4v) is 2.16. The van der Waals surface area contributed by atoms with Gasteiger partial charge in [0.15, 0.2) is 11.4 Å². The minimum absolute atomic E-state index is 0.133. The molecule has 9 nitrogen and oxygen atoms in total. The topological polar surface area (TPSA) is 119 Å².